The molecule has 1 heterocycles. The number of halogens is 3. The van der Waals surface area contributed by atoms with E-state index in [0.29, 0.717) is 15.9 Å². The second-order valence-corrected chi connectivity index (χ2v) is 5.16. The Labute approximate surface area is 117 Å². The van der Waals surface area contributed by atoms with Gasteiger partial charge in [-0.25, -0.2) is 4.98 Å². The van der Waals surface area contributed by atoms with E-state index in [9.17, 15) is 0 Å². The minimum absolute atomic E-state index is 0.507. The van der Waals surface area contributed by atoms with Crippen molar-refractivity contribution in [2.24, 2.45) is 0 Å². The first kappa shape index (κ1) is 12.0. The van der Waals surface area contributed by atoms with Crippen LogP contribution in [0, 0.1) is 3.57 Å². The van der Waals surface area contributed by atoms with Gasteiger partial charge in [-0.05, 0) is 40.8 Å². The second-order valence-electron chi connectivity index (χ2n) is 3.19. The average molecular weight is 365 g/mol. The second kappa shape index (κ2) is 4.77. The molecule has 0 saturated heterocycles. The molecule has 0 aliphatic carbocycles. The van der Waals surface area contributed by atoms with E-state index in [-0.39, 0.29) is 0 Å². The fourth-order valence-corrected chi connectivity index (χ4v) is 2.45. The summed E-state index contributed by atoms with van der Waals surface area (Å²) in [4.78, 5) is 4.09. The first-order valence-corrected chi connectivity index (χ1v) is 6.28. The minimum atomic E-state index is 0.507. The van der Waals surface area contributed by atoms with Crippen LogP contribution in [-0.2, 0) is 0 Å². The van der Waals surface area contributed by atoms with Gasteiger partial charge in [0, 0.05) is 27.4 Å². The maximum atomic E-state index is 6.11. The molecule has 2 nitrogen and oxygen atoms in total. The highest BCUT2D eigenvalue weighted by atomic mass is 127. The number of nitrogens with zero attached hydrogens (tertiary/aromatic N) is 1. The van der Waals surface area contributed by atoms with Crippen molar-refractivity contribution in [2.75, 3.05) is 5.73 Å². The van der Waals surface area contributed by atoms with Crippen molar-refractivity contribution in [3.63, 3.8) is 0 Å². The zero-order chi connectivity index (χ0) is 11.7. The molecule has 0 atom stereocenters. The predicted octanol–water partition coefficient (Wildman–Crippen LogP) is 4.24. The van der Waals surface area contributed by atoms with Gasteiger partial charge in [-0.15, -0.1) is 0 Å². The van der Waals surface area contributed by atoms with Gasteiger partial charge in [0.15, 0.2) is 0 Å². The molecule has 0 saturated carbocycles. The first-order valence-electron chi connectivity index (χ1n) is 4.45. The topological polar surface area (TPSA) is 38.9 Å². The summed E-state index contributed by atoms with van der Waals surface area (Å²) in [6.07, 6.45) is 1.67. The van der Waals surface area contributed by atoms with Crippen LogP contribution in [-0.4, -0.2) is 4.98 Å². The SMILES string of the molecule is Nc1ncc(-c2c(Cl)cccc2Cl)cc1I. The van der Waals surface area contributed by atoms with Crippen LogP contribution in [0.1, 0.15) is 0 Å². The lowest BCUT2D eigenvalue weighted by atomic mass is 10.1. The van der Waals surface area contributed by atoms with Gasteiger partial charge in [-0.2, -0.15) is 0 Å². The molecule has 0 aliphatic heterocycles. The van der Waals surface area contributed by atoms with Gasteiger partial charge in [0.1, 0.15) is 5.82 Å². The van der Waals surface area contributed by atoms with Crippen LogP contribution in [0.3, 0.4) is 0 Å². The number of anilines is 1. The van der Waals surface area contributed by atoms with E-state index in [4.69, 9.17) is 28.9 Å². The van der Waals surface area contributed by atoms with Crippen molar-refractivity contribution in [2.45, 2.75) is 0 Å². The van der Waals surface area contributed by atoms with E-state index in [1.165, 1.54) is 0 Å². The lowest BCUT2D eigenvalue weighted by Crippen LogP contribution is -1.94. The van der Waals surface area contributed by atoms with E-state index < -0.39 is 0 Å². The van der Waals surface area contributed by atoms with Gasteiger partial charge in [-0.3, -0.25) is 0 Å². The molecule has 2 N–H and O–H groups in total. The fourth-order valence-electron chi connectivity index (χ4n) is 1.36. The highest BCUT2D eigenvalue weighted by Crippen LogP contribution is 2.35. The van der Waals surface area contributed by atoms with Crippen molar-refractivity contribution in [3.8, 4) is 11.1 Å². The summed E-state index contributed by atoms with van der Waals surface area (Å²) in [5.41, 5.74) is 7.32. The zero-order valence-electron chi connectivity index (χ0n) is 8.05. The van der Waals surface area contributed by atoms with Crippen molar-refractivity contribution in [1.29, 1.82) is 0 Å². The molecule has 2 aromatic rings. The summed E-state index contributed by atoms with van der Waals surface area (Å²) in [6.45, 7) is 0. The smallest absolute Gasteiger partial charge is 0.136 e. The predicted molar refractivity (Wildman–Crippen MR) is 76.8 cm³/mol. The Morgan fingerprint density at radius 1 is 1.19 bits per heavy atom. The Hall–Kier alpha value is -0.520. The van der Waals surface area contributed by atoms with Crippen molar-refractivity contribution < 1.29 is 0 Å². The Bertz CT molecular complexity index is 523. The molecule has 0 bridgehead atoms. The molecule has 16 heavy (non-hydrogen) atoms. The van der Waals surface area contributed by atoms with Crippen LogP contribution in [0.25, 0.3) is 11.1 Å². The number of nitrogens with two attached hydrogens (primary N) is 1. The van der Waals surface area contributed by atoms with E-state index in [2.05, 4.69) is 27.6 Å². The van der Waals surface area contributed by atoms with E-state index >= 15 is 0 Å². The van der Waals surface area contributed by atoms with Gasteiger partial charge in [0.05, 0.1) is 3.57 Å². The molecular weight excluding hydrogens is 358 g/mol. The monoisotopic (exact) mass is 364 g/mol. The summed E-state index contributed by atoms with van der Waals surface area (Å²) < 4.78 is 0.881. The summed E-state index contributed by atoms with van der Waals surface area (Å²) in [7, 11) is 0. The molecule has 0 spiro atoms. The van der Waals surface area contributed by atoms with Crippen LogP contribution < -0.4 is 5.73 Å². The van der Waals surface area contributed by atoms with Crippen LogP contribution in [0.4, 0.5) is 5.82 Å². The number of aromatic nitrogens is 1. The third-order valence-corrected chi connectivity index (χ3v) is 3.62. The van der Waals surface area contributed by atoms with Crippen molar-refractivity contribution in [3.05, 3.63) is 44.1 Å². The maximum absolute atomic E-state index is 6.11. The number of nitrogen functional groups attached to an aromatic ring is 1. The molecular formula is C11H7Cl2IN2. The molecule has 0 fully saturated rings. The number of hydrogen-bond donors (Lipinski definition) is 1. The number of hydrogen-bond acceptors (Lipinski definition) is 2. The standard InChI is InChI=1S/C11H7Cl2IN2/c12-7-2-1-3-8(13)10(7)6-4-9(14)11(15)16-5-6/h1-5H,(H2,15,16). The number of rotatable bonds is 1. The van der Waals surface area contributed by atoms with Gasteiger partial charge in [0.25, 0.3) is 0 Å². The Kier molecular flexibility index (Phi) is 3.56. The lowest BCUT2D eigenvalue weighted by Gasteiger charge is -2.07. The summed E-state index contributed by atoms with van der Waals surface area (Å²) in [6, 6.07) is 7.32. The highest BCUT2D eigenvalue weighted by Gasteiger charge is 2.09. The Morgan fingerprint density at radius 2 is 1.81 bits per heavy atom. The third-order valence-electron chi connectivity index (χ3n) is 2.12. The summed E-state index contributed by atoms with van der Waals surface area (Å²) in [5.74, 6) is 0.507. The molecule has 2 rings (SSSR count). The zero-order valence-corrected chi connectivity index (χ0v) is 11.7. The molecule has 0 radical (unpaired) electrons. The van der Waals surface area contributed by atoms with Crippen LogP contribution in [0.15, 0.2) is 30.5 Å². The third kappa shape index (κ3) is 2.26. The quantitative estimate of drug-likeness (QED) is 0.768. The summed E-state index contributed by atoms with van der Waals surface area (Å²) in [5, 5.41) is 1.21. The molecule has 0 unspecified atom stereocenters. The minimum Gasteiger partial charge on any atom is -0.383 e. The Balaban J connectivity index is 2.63. The molecule has 82 valence electrons. The number of pyridine rings is 1. The average Bonchev–Trinajstić information content (AvgIpc) is 2.23. The lowest BCUT2D eigenvalue weighted by molar-refractivity contribution is 1.32. The Morgan fingerprint density at radius 3 is 2.38 bits per heavy atom. The number of benzene rings is 1. The molecule has 1 aromatic carbocycles. The van der Waals surface area contributed by atoms with Crippen LogP contribution in [0.2, 0.25) is 10.0 Å². The molecule has 0 aliphatic rings. The fraction of sp³-hybridized carbons (Fsp3) is 0. The van der Waals surface area contributed by atoms with Gasteiger partial charge >= 0.3 is 0 Å². The van der Waals surface area contributed by atoms with E-state index in [1.807, 2.05) is 12.1 Å². The highest BCUT2D eigenvalue weighted by molar-refractivity contribution is 14.1. The van der Waals surface area contributed by atoms with Crippen molar-refractivity contribution >= 4 is 51.6 Å². The molecule has 5 heteroatoms. The maximum Gasteiger partial charge on any atom is 0.136 e. The first-order chi connectivity index (χ1) is 7.59. The van der Waals surface area contributed by atoms with Crippen LogP contribution in [0.5, 0.6) is 0 Å². The largest absolute Gasteiger partial charge is 0.383 e. The molecule has 0 amide bonds. The van der Waals surface area contributed by atoms with Gasteiger partial charge in [0.2, 0.25) is 0 Å². The molecule has 1 aromatic heterocycles. The van der Waals surface area contributed by atoms with Crippen LogP contribution >= 0.6 is 45.8 Å². The van der Waals surface area contributed by atoms with Gasteiger partial charge < -0.3 is 5.73 Å². The van der Waals surface area contributed by atoms with Gasteiger partial charge in [-0.1, -0.05) is 29.3 Å². The summed E-state index contributed by atoms with van der Waals surface area (Å²) >= 11 is 14.3. The van der Waals surface area contributed by atoms with E-state index in [1.54, 1.807) is 18.3 Å². The van der Waals surface area contributed by atoms with E-state index in [0.717, 1.165) is 14.7 Å². The van der Waals surface area contributed by atoms with Crippen molar-refractivity contribution in [1.82, 2.24) is 4.98 Å². The normalized spacial score (nSPS) is 10.4.